The Bertz CT molecular complexity index is 2200. The molecule has 0 aliphatic rings. The highest BCUT2D eigenvalue weighted by atomic mass is 28.3. The maximum Gasteiger partial charge on any atom is 0.145 e. The Morgan fingerprint density at radius 3 is 0.961 bits per heavy atom. The molecule has 0 spiro atoms. The molecule has 244 valence electrons. The highest BCUT2D eigenvalue weighted by Crippen LogP contribution is 2.37. The van der Waals surface area contributed by atoms with Gasteiger partial charge in [-0.1, -0.05) is 189 Å². The SMILES string of the molecule is C[Si](c1ccccc1)(c1ccccc1)c1cccc(-c2ccc(N(c3ccc(-c4ccccc4)cc3)c3ccc(-c4ccccc4)cc3)cc2)c1. The second-order valence-corrected chi connectivity index (χ2v) is 17.1. The van der Waals surface area contributed by atoms with Gasteiger partial charge in [-0.2, -0.15) is 0 Å². The van der Waals surface area contributed by atoms with Gasteiger partial charge in [0.1, 0.15) is 8.07 Å². The third-order valence-electron chi connectivity index (χ3n) is 10.1. The molecule has 1 nitrogen and oxygen atoms in total. The maximum atomic E-state index is 2.48. The lowest BCUT2D eigenvalue weighted by Crippen LogP contribution is -2.64. The van der Waals surface area contributed by atoms with Gasteiger partial charge in [-0.05, 0) is 85.3 Å². The molecule has 8 aromatic rings. The van der Waals surface area contributed by atoms with E-state index in [9.17, 15) is 0 Å². The van der Waals surface area contributed by atoms with Crippen molar-refractivity contribution >= 4 is 40.7 Å². The molecular formula is C49H39NSi. The summed E-state index contributed by atoms with van der Waals surface area (Å²) in [4.78, 5) is 2.35. The predicted octanol–water partition coefficient (Wildman–Crippen LogP) is 11.3. The van der Waals surface area contributed by atoms with Gasteiger partial charge in [0.05, 0.1) is 0 Å². The van der Waals surface area contributed by atoms with Gasteiger partial charge < -0.3 is 4.90 Å². The molecule has 0 N–H and O–H groups in total. The fourth-order valence-electron chi connectivity index (χ4n) is 7.17. The zero-order valence-corrected chi connectivity index (χ0v) is 29.7. The molecular weight excluding hydrogens is 631 g/mol. The first-order valence-corrected chi connectivity index (χ1v) is 20.1. The Balaban J connectivity index is 1.16. The van der Waals surface area contributed by atoms with E-state index in [0.717, 1.165) is 17.1 Å². The summed E-state index contributed by atoms with van der Waals surface area (Å²) in [6, 6.07) is 79.2. The van der Waals surface area contributed by atoms with Crippen molar-refractivity contribution in [3.8, 4) is 33.4 Å². The van der Waals surface area contributed by atoms with Gasteiger partial charge in [-0.25, -0.2) is 0 Å². The molecule has 0 aliphatic carbocycles. The fraction of sp³-hybridized carbons (Fsp3) is 0.0204. The summed E-state index contributed by atoms with van der Waals surface area (Å²) in [7, 11) is -2.23. The van der Waals surface area contributed by atoms with Crippen molar-refractivity contribution in [2.45, 2.75) is 6.55 Å². The Morgan fingerprint density at radius 1 is 0.275 bits per heavy atom. The Kier molecular flexibility index (Phi) is 8.99. The minimum atomic E-state index is -2.23. The van der Waals surface area contributed by atoms with Gasteiger partial charge in [0.25, 0.3) is 0 Å². The van der Waals surface area contributed by atoms with Gasteiger partial charge >= 0.3 is 0 Å². The first kappa shape index (κ1) is 32.0. The second-order valence-electron chi connectivity index (χ2n) is 13.1. The molecule has 0 fully saturated rings. The van der Waals surface area contributed by atoms with Gasteiger partial charge in [0, 0.05) is 17.1 Å². The molecule has 0 atom stereocenters. The zero-order valence-electron chi connectivity index (χ0n) is 28.7. The van der Waals surface area contributed by atoms with E-state index in [4.69, 9.17) is 0 Å². The van der Waals surface area contributed by atoms with Crippen LogP contribution in [-0.2, 0) is 0 Å². The van der Waals surface area contributed by atoms with Crippen molar-refractivity contribution in [2.75, 3.05) is 4.90 Å². The second kappa shape index (κ2) is 14.3. The lowest BCUT2D eigenvalue weighted by molar-refractivity contribution is 1.28. The first-order valence-electron chi connectivity index (χ1n) is 17.6. The molecule has 0 saturated heterocycles. The lowest BCUT2D eigenvalue weighted by Gasteiger charge is -2.30. The number of hydrogen-bond acceptors (Lipinski definition) is 1. The van der Waals surface area contributed by atoms with Crippen molar-refractivity contribution in [1.29, 1.82) is 0 Å². The molecule has 2 heteroatoms. The van der Waals surface area contributed by atoms with Gasteiger partial charge in [-0.3, -0.25) is 0 Å². The summed E-state index contributed by atoms with van der Waals surface area (Å²) < 4.78 is 0. The van der Waals surface area contributed by atoms with Crippen molar-refractivity contribution < 1.29 is 0 Å². The van der Waals surface area contributed by atoms with Crippen LogP contribution in [0.15, 0.2) is 218 Å². The standard InChI is InChI=1S/C49H39NSi/c1-51(47-20-10-4-11-21-47,48-22-12-5-13-23-48)49-24-14-19-43(37-49)42-29-35-46(36-30-42)50(44-31-25-40(26-32-44)38-15-6-2-7-16-38)45-33-27-41(28-34-45)39-17-8-3-9-18-39/h2-37H,1H3. The normalized spacial score (nSPS) is 11.2. The topological polar surface area (TPSA) is 3.24 Å². The first-order chi connectivity index (χ1) is 25.2. The molecule has 0 radical (unpaired) electrons. The number of anilines is 3. The molecule has 8 aromatic carbocycles. The summed E-state index contributed by atoms with van der Waals surface area (Å²) in [5, 5.41) is 4.23. The molecule has 0 saturated carbocycles. The van der Waals surface area contributed by atoms with Gasteiger partial charge in [0.15, 0.2) is 0 Å². The summed E-state index contributed by atoms with van der Waals surface area (Å²) in [5.41, 5.74) is 10.6. The average Bonchev–Trinajstić information content (AvgIpc) is 3.23. The van der Waals surface area contributed by atoms with Crippen molar-refractivity contribution in [1.82, 2.24) is 0 Å². The van der Waals surface area contributed by atoms with Crippen LogP contribution in [0, 0.1) is 0 Å². The van der Waals surface area contributed by atoms with Crippen LogP contribution >= 0.6 is 0 Å². The average molecular weight is 670 g/mol. The summed E-state index contributed by atoms with van der Waals surface area (Å²) in [6.45, 7) is 2.48. The monoisotopic (exact) mass is 669 g/mol. The third-order valence-corrected chi connectivity index (χ3v) is 14.5. The fourth-order valence-corrected chi connectivity index (χ4v) is 10.8. The number of benzene rings is 8. The Labute approximate surface area is 302 Å². The van der Waals surface area contributed by atoms with Crippen LogP contribution < -0.4 is 20.5 Å². The summed E-state index contributed by atoms with van der Waals surface area (Å²) in [6.07, 6.45) is 0. The van der Waals surface area contributed by atoms with Crippen LogP contribution in [0.1, 0.15) is 0 Å². The lowest BCUT2D eigenvalue weighted by atomic mass is 10.0. The van der Waals surface area contributed by atoms with Gasteiger partial charge in [0.2, 0.25) is 0 Å². The van der Waals surface area contributed by atoms with Gasteiger partial charge in [-0.15, -0.1) is 0 Å². The van der Waals surface area contributed by atoms with E-state index in [1.54, 1.807) is 0 Å². The quantitative estimate of drug-likeness (QED) is 0.109. The smallest absolute Gasteiger partial charge is 0.145 e. The van der Waals surface area contributed by atoms with Crippen LogP contribution in [0.5, 0.6) is 0 Å². The van der Waals surface area contributed by atoms with Crippen molar-refractivity contribution in [2.24, 2.45) is 0 Å². The predicted molar refractivity (Wildman–Crippen MR) is 221 cm³/mol. The zero-order chi connectivity index (χ0) is 34.5. The summed E-state index contributed by atoms with van der Waals surface area (Å²) in [5.74, 6) is 0. The van der Waals surface area contributed by atoms with E-state index in [-0.39, 0.29) is 0 Å². The van der Waals surface area contributed by atoms with E-state index >= 15 is 0 Å². The highest BCUT2D eigenvalue weighted by Gasteiger charge is 2.34. The van der Waals surface area contributed by atoms with Crippen LogP contribution in [0.4, 0.5) is 17.1 Å². The molecule has 0 aromatic heterocycles. The van der Waals surface area contributed by atoms with Crippen molar-refractivity contribution in [3.63, 3.8) is 0 Å². The molecule has 0 heterocycles. The van der Waals surface area contributed by atoms with Crippen LogP contribution in [0.3, 0.4) is 0 Å². The third kappa shape index (κ3) is 6.58. The minimum absolute atomic E-state index is 1.11. The minimum Gasteiger partial charge on any atom is -0.311 e. The summed E-state index contributed by atoms with van der Waals surface area (Å²) >= 11 is 0. The molecule has 8 rings (SSSR count). The number of rotatable bonds is 9. The molecule has 0 unspecified atom stereocenters. The van der Waals surface area contributed by atoms with Crippen molar-refractivity contribution in [3.05, 3.63) is 218 Å². The molecule has 0 amide bonds. The highest BCUT2D eigenvalue weighted by molar-refractivity contribution is 7.10. The van der Waals surface area contributed by atoms with Crippen LogP contribution in [0.25, 0.3) is 33.4 Å². The van der Waals surface area contributed by atoms with E-state index in [1.807, 2.05) is 0 Å². The number of nitrogens with zero attached hydrogens (tertiary/aromatic N) is 1. The molecule has 51 heavy (non-hydrogen) atoms. The maximum absolute atomic E-state index is 2.48. The molecule has 0 bridgehead atoms. The van der Waals surface area contributed by atoms with E-state index < -0.39 is 8.07 Å². The van der Waals surface area contributed by atoms with Crippen LogP contribution in [-0.4, -0.2) is 8.07 Å². The van der Waals surface area contributed by atoms with E-state index in [2.05, 4.69) is 230 Å². The number of hydrogen-bond donors (Lipinski definition) is 0. The Hall–Kier alpha value is -6.22. The Morgan fingerprint density at radius 2 is 0.569 bits per heavy atom. The van der Waals surface area contributed by atoms with E-state index in [0.29, 0.717) is 0 Å². The largest absolute Gasteiger partial charge is 0.311 e. The van der Waals surface area contributed by atoms with Crippen LogP contribution in [0.2, 0.25) is 6.55 Å². The molecule has 0 aliphatic heterocycles. The van der Waals surface area contributed by atoms with E-state index in [1.165, 1.54) is 48.9 Å².